The zero-order valence-electron chi connectivity index (χ0n) is 11.5. The van der Waals surface area contributed by atoms with E-state index in [4.69, 9.17) is 4.74 Å². The van der Waals surface area contributed by atoms with Gasteiger partial charge < -0.3 is 9.84 Å². The summed E-state index contributed by atoms with van der Waals surface area (Å²) < 4.78 is 5.64. The lowest BCUT2D eigenvalue weighted by Gasteiger charge is -2.54. The molecule has 0 radical (unpaired) electrons. The summed E-state index contributed by atoms with van der Waals surface area (Å²) in [6.45, 7) is 4.17. The normalized spacial score (nSPS) is 45.8. The van der Waals surface area contributed by atoms with Crippen LogP contribution >= 0.6 is 15.9 Å². The second kappa shape index (κ2) is 4.32. The van der Waals surface area contributed by atoms with Gasteiger partial charge in [-0.15, -0.1) is 0 Å². The number of halogens is 1. The van der Waals surface area contributed by atoms with Crippen LogP contribution in [-0.4, -0.2) is 28.1 Å². The van der Waals surface area contributed by atoms with E-state index in [2.05, 4.69) is 22.9 Å². The summed E-state index contributed by atoms with van der Waals surface area (Å²) in [4.78, 5) is 12.0. The Morgan fingerprint density at radius 1 is 1.37 bits per heavy atom. The summed E-state index contributed by atoms with van der Waals surface area (Å²) in [5, 5.41) is 11.4. The SMILES string of the molecule is C[C@]12CCC[C@](C)(O)[C@@H]1[C@H]1OC(=O)C(CBr)=C1CC2. The van der Waals surface area contributed by atoms with Crippen LogP contribution in [0.4, 0.5) is 0 Å². The lowest BCUT2D eigenvalue weighted by Crippen LogP contribution is -2.56. The largest absolute Gasteiger partial charge is 0.454 e. The molecule has 0 spiro atoms. The van der Waals surface area contributed by atoms with Gasteiger partial charge in [-0.3, -0.25) is 0 Å². The van der Waals surface area contributed by atoms with Crippen LogP contribution in [0.15, 0.2) is 11.1 Å². The highest BCUT2D eigenvalue weighted by atomic mass is 79.9. The van der Waals surface area contributed by atoms with Crippen LogP contribution < -0.4 is 0 Å². The van der Waals surface area contributed by atoms with Crippen LogP contribution in [0.1, 0.15) is 46.0 Å². The van der Waals surface area contributed by atoms with Crippen molar-refractivity contribution in [1.82, 2.24) is 0 Å². The molecule has 3 aliphatic rings. The third-order valence-electron chi connectivity index (χ3n) is 5.46. The molecule has 2 fully saturated rings. The number of carbonyl (C=O) groups excluding carboxylic acids is 1. The van der Waals surface area contributed by atoms with Gasteiger partial charge in [0, 0.05) is 11.2 Å². The van der Waals surface area contributed by atoms with E-state index in [1.165, 1.54) is 0 Å². The highest BCUT2D eigenvalue weighted by molar-refractivity contribution is 9.09. The quantitative estimate of drug-likeness (QED) is 0.594. The van der Waals surface area contributed by atoms with E-state index in [1.54, 1.807) is 0 Å². The number of carbonyl (C=O) groups is 1. The van der Waals surface area contributed by atoms with Gasteiger partial charge in [0.2, 0.25) is 0 Å². The maximum atomic E-state index is 12.0. The monoisotopic (exact) mass is 328 g/mol. The van der Waals surface area contributed by atoms with Crippen molar-refractivity contribution in [2.75, 3.05) is 5.33 Å². The Labute approximate surface area is 122 Å². The lowest BCUT2D eigenvalue weighted by atomic mass is 9.53. The molecule has 106 valence electrons. The summed E-state index contributed by atoms with van der Waals surface area (Å²) in [6.07, 6.45) is 4.77. The Morgan fingerprint density at radius 3 is 2.79 bits per heavy atom. The van der Waals surface area contributed by atoms with Crippen LogP contribution in [0.2, 0.25) is 0 Å². The van der Waals surface area contributed by atoms with Gasteiger partial charge in [-0.05, 0) is 43.6 Å². The van der Waals surface area contributed by atoms with Gasteiger partial charge in [0.15, 0.2) is 0 Å². The number of alkyl halides is 1. The lowest BCUT2D eigenvalue weighted by molar-refractivity contribution is -0.169. The molecule has 2 aliphatic carbocycles. The van der Waals surface area contributed by atoms with Gasteiger partial charge in [-0.2, -0.15) is 0 Å². The average molecular weight is 329 g/mol. The molecule has 3 rings (SSSR count). The molecule has 0 aromatic rings. The minimum atomic E-state index is -0.731. The predicted molar refractivity (Wildman–Crippen MR) is 76.0 cm³/mol. The molecule has 2 saturated carbocycles. The third kappa shape index (κ3) is 1.90. The Bertz CT molecular complexity index is 454. The Morgan fingerprint density at radius 2 is 2.11 bits per heavy atom. The van der Waals surface area contributed by atoms with E-state index in [-0.39, 0.29) is 23.4 Å². The molecule has 4 atom stereocenters. The molecule has 3 nitrogen and oxygen atoms in total. The van der Waals surface area contributed by atoms with E-state index in [1.807, 2.05) is 6.92 Å². The Balaban J connectivity index is 2.04. The van der Waals surface area contributed by atoms with Crippen molar-refractivity contribution in [1.29, 1.82) is 0 Å². The van der Waals surface area contributed by atoms with Crippen molar-refractivity contribution in [3.8, 4) is 0 Å². The van der Waals surface area contributed by atoms with E-state index in [0.29, 0.717) is 5.33 Å². The molecule has 1 N–H and O–H groups in total. The van der Waals surface area contributed by atoms with Crippen molar-refractivity contribution >= 4 is 21.9 Å². The standard InChI is InChI=1S/C15H21BrO3/c1-14-5-3-6-15(2,18)12(14)11-9(4-7-14)10(8-16)13(17)19-11/h11-12,18H,3-8H2,1-2H3/t11-,12+,14+,15-/m0/s1. The van der Waals surface area contributed by atoms with Crippen molar-refractivity contribution in [3.05, 3.63) is 11.1 Å². The first-order chi connectivity index (χ1) is 8.89. The van der Waals surface area contributed by atoms with Gasteiger partial charge in [-0.25, -0.2) is 4.79 Å². The summed E-state index contributed by atoms with van der Waals surface area (Å²) in [7, 11) is 0. The van der Waals surface area contributed by atoms with E-state index in [9.17, 15) is 9.90 Å². The van der Waals surface area contributed by atoms with Crippen LogP contribution in [0, 0.1) is 11.3 Å². The number of fused-ring (bicyclic) bond motifs is 3. The van der Waals surface area contributed by atoms with E-state index >= 15 is 0 Å². The number of hydrogen-bond donors (Lipinski definition) is 1. The molecule has 0 aromatic carbocycles. The third-order valence-corrected chi connectivity index (χ3v) is 6.03. The fraction of sp³-hybridized carbons (Fsp3) is 0.800. The number of rotatable bonds is 1. The molecule has 1 heterocycles. The summed E-state index contributed by atoms with van der Waals surface area (Å²) in [5.74, 6) is -0.152. The molecule has 0 aromatic heterocycles. The molecule has 4 heteroatoms. The molecule has 0 bridgehead atoms. The maximum Gasteiger partial charge on any atom is 0.335 e. The first kappa shape index (κ1) is 13.6. The van der Waals surface area contributed by atoms with Gasteiger partial charge in [0.05, 0.1) is 11.2 Å². The van der Waals surface area contributed by atoms with Gasteiger partial charge in [-0.1, -0.05) is 29.3 Å². The number of esters is 1. The summed E-state index contributed by atoms with van der Waals surface area (Å²) in [5.41, 5.74) is 1.28. The molecule has 0 amide bonds. The van der Waals surface area contributed by atoms with Crippen LogP contribution in [-0.2, 0) is 9.53 Å². The number of hydrogen-bond acceptors (Lipinski definition) is 3. The topological polar surface area (TPSA) is 46.5 Å². The van der Waals surface area contributed by atoms with Crippen molar-refractivity contribution in [3.63, 3.8) is 0 Å². The summed E-state index contributed by atoms with van der Waals surface area (Å²) in [6, 6.07) is 0. The molecular formula is C15H21BrO3. The molecule has 1 aliphatic heterocycles. The highest BCUT2D eigenvalue weighted by Crippen LogP contribution is 2.57. The van der Waals surface area contributed by atoms with Gasteiger partial charge in [0.1, 0.15) is 6.10 Å². The van der Waals surface area contributed by atoms with Crippen molar-refractivity contribution in [2.24, 2.45) is 11.3 Å². The first-order valence-electron chi connectivity index (χ1n) is 7.10. The average Bonchev–Trinajstić information content (AvgIpc) is 2.62. The zero-order valence-corrected chi connectivity index (χ0v) is 13.1. The second-order valence-electron chi connectivity index (χ2n) is 6.81. The first-order valence-corrected chi connectivity index (χ1v) is 8.22. The van der Waals surface area contributed by atoms with E-state index in [0.717, 1.165) is 43.3 Å². The maximum absolute atomic E-state index is 12.0. The number of aliphatic hydroxyl groups is 1. The van der Waals surface area contributed by atoms with Crippen LogP contribution in [0.25, 0.3) is 0 Å². The molecule has 0 saturated heterocycles. The second-order valence-corrected chi connectivity index (χ2v) is 7.37. The minimum Gasteiger partial charge on any atom is -0.454 e. The molecule has 0 unspecified atom stereocenters. The highest BCUT2D eigenvalue weighted by Gasteiger charge is 2.58. The molecular weight excluding hydrogens is 308 g/mol. The molecule has 19 heavy (non-hydrogen) atoms. The predicted octanol–water partition coefficient (Wildman–Crippen LogP) is 2.95. The van der Waals surface area contributed by atoms with Gasteiger partial charge in [0.25, 0.3) is 0 Å². The number of ether oxygens (including phenoxy) is 1. The van der Waals surface area contributed by atoms with Crippen LogP contribution in [0.3, 0.4) is 0 Å². The van der Waals surface area contributed by atoms with Crippen LogP contribution in [0.5, 0.6) is 0 Å². The van der Waals surface area contributed by atoms with E-state index < -0.39 is 5.60 Å². The van der Waals surface area contributed by atoms with Crippen molar-refractivity contribution in [2.45, 2.75) is 57.7 Å². The minimum absolute atomic E-state index is 0.0398. The fourth-order valence-corrected chi connectivity index (χ4v) is 5.16. The Hall–Kier alpha value is -0.350. The Kier molecular flexibility index (Phi) is 3.10. The smallest absolute Gasteiger partial charge is 0.335 e. The van der Waals surface area contributed by atoms with Gasteiger partial charge >= 0.3 is 5.97 Å². The zero-order chi connectivity index (χ0) is 13.8. The summed E-state index contributed by atoms with van der Waals surface area (Å²) >= 11 is 3.39. The van der Waals surface area contributed by atoms with Crippen molar-refractivity contribution < 1.29 is 14.6 Å². The fourth-order valence-electron chi connectivity index (χ4n) is 4.57.